The van der Waals surface area contributed by atoms with E-state index in [1.807, 2.05) is 23.9 Å². The number of hydrogen-bond donors (Lipinski definition) is 2. The van der Waals surface area contributed by atoms with Gasteiger partial charge in [0.05, 0.1) is 17.7 Å². The lowest BCUT2D eigenvalue weighted by molar-refractivity contribution is 0.370. The molecule has 0 unspecified atom stereocenters. The van der Waals surface area contributed by atoms with Gasteiger partial charge in [-0.15, -0.1) is 0 Å². The highest BCUT2D eigenvalue weighted by atomic mass is 32.2. The Bertz CT molecular complexity index is 1230. The van der Waals surface area contributed by atoms with E-state index in [9.17, 15) is 21.2 Å². The fourth-order valence-corrected chi connectivity index (χ4v) is 6.24. The van der Waals surface area contributed by atoms with E-state index in [1.54, 1.807) is 25.1 Å². The first kappa shape index (κ1) is 28.1. The fourth-order valence-electron chi connectivity index (χ4n) is 3.75. The number of rotatable bonds is 11. The third-order valence-corrected chi connectivity index (χ3v) is 8.98. The van der Waals surface area contributed by atoms with Crippen molar-refractivity contribution < 1.29 is 26.0 Å². The lowest BCUT2D eigenvalue weighted by atomic mass is 10.2. The predicted octanol–water partition coefficient (Wildman–Crippen LogP) is 1.47. The van der Waals surface area contributed by atoms with Gasteiger partial charge in [0.25, 0.3) is 10.2 Å². The molecular weight excluding hydrogens is 509 g/mol. The molecule has 1 aliphatic rings. The van der Waals surface area contributed by atoms with Gasteiger partial charge in [-0.1, -0.05) is 6.92 Å². The van der Waals surface area contributed by atoms with Crippen molar-refractivity contribution in [1.82, 2.24) is 13.7 Å². The molecule has 200 valence electrons. The zero-order chi connectivity index (χ0) is 26.5. The Kier molecular flexibility index (Phi) is 9.17. The minimum absolute atomic E-state index is 0.0798. The van der Waals surface area contributed by atoms with Crippen LogP contribution in [0.3, 0.4) is 0 Å². The molecule has 1 atom stereocenters. The minimum Gasteiger partial charge on any atom is -0.494 e. The summed E-state index contributed by atoms with van der Waals surface area (Å²) in [5.41, 5.74) is 1.59. The number of nitrogens with one attached hydrogen (secondary N) is 2. The molecule has 10 nitrogen and oxygen atoms in total. The molecule has 0 aromatic heterocycles. The molecule has 0 amide bonds. The van der Waals surface area contributed by atoms with E-state index in [4.69, 9.17) is 4.74 Å². The molecule has 2 N–H and O–H groups in total. The average Bonchev–Trinajstić information content (AvgIpc) is 2.86. The molecule has 0 spiro atoms. The van der Waals surface area contributed by atoms with E-state index >= 15 is 0 Å². The van der Waals surface area contributed by atoms with Crippen LogP contribution in [-0.4, -0.2) is 81.6 Å². The van der Waals surface area contributed by atoms with E-state index in [2.05, 4.69) is 9.44 Å². The topological polar surface area (TPSA) is 111 Å². The summed E-state index contributed by atoms with van der Waals surface area (Å²) >= 11 is 0. The first-order valence-electron chi connectivity index (χ1n) is 11.5. The van der Waals surface area contributed by atoms with E-state index in [-0.39, 0.29) is 37.0 Å². The summed E-state index contributed by atoms with van der Waals surface area (Å²) in [5.74, 6) is -0.283. The maximum absolute atomic E-state index is 13.5. The molecule has 1 fully saturated rings. The van der Waals surface area contributed by atoms with Crippen LogP contribution in [0.25, 0.3) is 0 Å². The zero-order valence-electron chi connectivity index (χ0n) is 20.9. The van der Waals surface area contributed by atoms with E-state index in [1.165, 1.54) is 35.7 Å². The zero-order valence-corrected chi connectivity index (χ0v) is 22.6. The number of methoxy groups -OCH3 is 1. The lowest BCUT2D eigenvalue weighted by Crippen LogP contribution is -2.52. The Morgan fingerprint density at radius 3 is 2.17 bits per heavy atom. The summed E-state index contributed by atoms with van der Waals surface area (Å²) in [6.07, 6.45) is 0. The number of ether oxygens (including phenoxy) is 1. The second-order valence-corrected chi connectivity index (χ2v) is 12.4. The van der Waals surface area contributed by atoms with E-state index in [0.717, 1.165) is 5.69 Å². The van der Waals surface area contributed by atoms with Crippen LogP contribution in [0.15, 0.2) is 47.4 Å². The Balaban J connectivity index is 1.49. The molecule has 1 saturated heterocycles. The van der Waals surface area contributed by atoms with Crippen molar-refractivity contribution in [2.75, 3.05) is 70.3 Å². The highest BCUT2D eigenvalue weighted by Gasteiger charge is 2.28. The first-order chi connectivity index (χ1) is 16.9. The van der Waals surface area contributed by atoms with Gasteiger partial charge in [-0.05, 0) is 42.3 Å². The third kappa shape index (κ3) is 7.07. The van der Waals surface area contributed by atoms with Gasteiger partial charge in [0.1, 0.15) is 11.6 Å². The largest absolute Gasteiger partial charge is 0.494 e. The minimum atomic E-state index is -3.74. The van der Waals surface area contributed by atoms with Crippen LogP contribution in [0.4, 0.5) is 15.8 Å². The van der Waals surface area contributed by atoms with Gasteiger partial charge in [0, 0.05) is 65.1 Å². The van der Waals surface area contributed by atoms with Gasteiger partial charge in [-0.3, -0.25) is 0 Å². The van der Waals surface area contributed by atoms with Crippen molar-refractivity contribution in [3.8, 4) is 5.75 Å². The van der Waals surface area contributed by atoms with Gasteiger partial charge in [0.2, 0.25) is 10.0 Å². The van der Waals surface area contributed by atoms with Crippen LogP contribution < -0.4 is 24.0 Å². The number of anilines is 2. The van der Waals surface area contributed by atoms with Gasteiger partial charge in [-0.2, -0.15) is 12.7 Å². The maximum atomic E-state index is 13.5. The molecular formula is C23H34FN5O5S2. The predicted molar refractivity (Wildman–Crippen MR) is 139 cm³/mol. The van der Waals surface area contributed by atoms with Crippen molar-refractivity contribution in [2.45, 2.75) is 11.8 Å². The lowest BCUT2D eigenvalue weighted by Gasteiger charge is -2.36. The average molecular weight is 544 g/mol. The maximum Gasteiger partial charge on any atom is 0.279 e. The van der Waals surface area contributed by atoms with Crippen LogP contribution in [0.5, 0.6) is 5.75 Å². The van der Waals surface area contributed by atoms with Crippen LogP contribution in [0.2, 0.25) is 0 Å². The summed E-state index contributed by atoms with van der Waals surface area (Å²) in [7, 11) is -2.25. The second kappa shape index (κ2) is 11.7. The highest BCUT2D eigenvalue weighted by molar-refractivity contribution is 7.89. The van der Waals surface area contributed by atoms with Gasteiger partial charge >= 0.3 is 0 Å². The van der Waals surface area contributed by atoms with Crippen LogP contribution in [0, 0.1) is 11.7 Å². The molecule has 3 rings (SSSR count). The van der Waals surface area contributed by atoms with Crippen molar-refractivity contribution in [3.05, 3.63) is 48.3 Å². The number of benzene rings is 2. The fraction of sp³-hybridized carbons (Fsp3) is 0.478. The SMILES string of the molecule is COc1cc(F)ccc1N1CCN(S(=O)(=O)NC[C@@H](C)CNS(=O)(=O)c2ccc(N(C)C)cc2)CC1. The standard InChI is InChI=1S/C23H34FN5O5S2/c1-18(16-25-35(30,31)21-8-6-20(7-9-21)27(2)3)17-26-36(32,33)29-13-11-28(12-14-29)22-10-5-19(24)15-23(22)34-4/h5-10,15,18,25-26H,11-14,16-17H2,1-4H3/t18-/m0/s1. The van der Waals surface area contributed by atoms with Crippen molar-refractivity contribution in [2.24, 2.45) is 5.92 Å². The van der Waals surface area contributed by atoms with Gasteiger partial charge in [0.15, 0.2) is 0 Å². The van der Waals surface area contributed by atoms with Crippen LogP contribution in [-0.2, 0) is 20.2 Å². The van der Waals surface area contributed by atoms with Gasteiger partial charge < -0.3 is 14.5 Å². The Morgan fingerprint density at radius 1 is 0.972 bits per heavy atom. The van der Waals surface area contributed by atoms with Crippen LogP contribution in [0.1, 0.15) is 6.92 Å². The molecule has 2 aromatic rings. The van der Waals surface area contributed by atoms with Crippen molar-refractivity contribution in [1.29, 1.82) is 0 Å². The molecule has 0 aliphatic carbocycles. The molecule has 2 aromatic carbocycles. The summed E-state index contributed by atoms with van der Waals surface area (Å²) < 4.78 is 75.9. The quantitative estimate of drug-likeness (QED) is 0.442. The molecule has 1 heterocycles. The summed E-state index contributed by atoms with van der Waals surface area (Å²) in [5, 5.41) is 0. The molecule has 0 bridgehead atoms. The van der Waals surface area contributed by atoms with Gasteiger partial charge in [-0.25, -0.2) is 22.3 Å². The molecule has 0 saturated carbocycles. The van der Waals surface area contributed by atoms with E-state index < -0.39 is 26.0 Å². The molecule has 1 aliphatic heterocycles. The number of piperazine rings is 1. The van der Waals surface area contributed by atoms with Crippen molar-refractivity contribution >= 4 is 31.6 Å². The molecule has 36 heavy (non-hydrogen) atoms. The van der Waals surface area contributed by atoms with E-state index in [0.29, 0.717) is 24.5 Å². The molecule has 0 radical (unpaired) electrons. The smallest absolute Gasteiger partial charge is 0.279 e. The summed E-state index contributed by atoms with van der Waals surface area (Å²) in [6, 6.07) is 10.8. The first-order valence-corrected chi connectivity index (χ1v) is 14.5. The monoisotopic (exact) mass is 543 g/mol. The normalized spacial score (nSPS) is 16.1. The third-order valence-electron chi connectivity index (χ3n) is 5.96. The number of hydrogen-bond acceptors (Lipinski definition) is 7. The number of nitrogens with zero attached hydrogens (tertiary/aromatic N) is 3. The Morgan fingerprint density at radius 2 is 1.58 bits per heavy atom. The second-order valence-electron chi connectivity index (χ2n) is 8.90. The van der Waals surface area contributed by atoms with Crippen molar-refractivity contribution in [3.63, 3.8) is 0 Å². The Hall–Kier alpha value is -2.45. The highest BCUT2D eigenvalue weighted by Crippen LogP contribution is 2.30. The number of halogens is 1. The molecule has 13 heteroatoms. The Labute approximate surface area is 213 Å². The number of sulfonamides is 1. The van der Waals surface area contributed by atoms with Crippen LogP contribution >= 0.6 is 0 Å². The summed E-state index contributed by atoms with van der Waals surface area (Å²) in [4.78, 5) is 3.97. The summed E-state index contributed by atoms with van der Waals surface area (Å²) in [6.45, 7) is 3.27.